The zero-order valence-electron chi connectivity index (χ0n) is 16.5. The lowest BCUT2D eigenvalue weighted by molar-refractivity contribution is 0.000780. The number of rotatable bonds is 4. The van der Waals surface area contributed by atoms with Crippen molar-refractivity contribution in [3.8, 4) is 0 Å². The highest BCUT2D eigenvalue weighted by molar-refractivity contribution is 6.05. The Morgan fingerprint density at radius 2 is 1.34 bits per heavy atom. The Morgan fingerprint density at radius 3 is 1.79 bits per heavy atom. The zero-order chi connectivity index (χ0) is 21.9. The molecule has 0 amide bonds. The monoisotopic (exact) mass is 413 g/mol. The number of oxime groups is 1. The molecule has 9 heteroatoms. The van der Waals surface area contributed by atoms with Gasteiger partial charge in [0.1, 0.15) is 11.2 Å². The minimum absolute atomic E-state index is 0.517. The summed E-state index contributed by atoms with van der Waals surface area (Å²) in [6.07, 6.45) is 1.18. The van der Waals surface area contributed by atoms with Gasteiger partial charge in [-0.3, -0.25) is 0 Å². The molecule has 0 aliphatic heterocycles. The molecule has 2 rings (SSSR count). The van der Waals surface area contributed by atoms with Gasteiger partial charge >= 0.3 is 0 Å². The van der Waals surface area contributed by atoms with Crippen LogP contribution in [-0.2, 0) is 4.84 Å². The quantitative estimate of drug-likeness (QED) is 0.176. The molecule has 4 nitrogen and oxygen atoms in total. The van der Waals surface area contributed by atoms with Crippen LogP contribution in [0.15, 0.2) is 34.4 Å². The summed E-state index contributed by atoms with van der Waals surface area (Å²) in [5.41, 5.74) is -0.750. The van der Waals surface area contributed by atoms with E-state index in [9.17, 15) is 22.0 Å². The van der Waals surface area contributed by atoms with E-state index in [1.165, 1.54) is 6.21 Å². The summed E-state index contributed by atoms with van der Waals surface area (Å²) in [7, 11) is 3.70. The third kappa shape index (κ3) is 5.30. The standard InChI is InChI=1S/C20H20F5N3O/c1-20(2,3)29-27-19(13-14(21)16(23)18(25)17(24)15(13)22)26-10-11-6-8-12(9-7-11)28(4)5/h6-10H,1-5H3/b26-10?,27-19+. The third-order valence-electron chi connectivity index (χ3n) is 3.58. The first-order valence-electron chi connectivity index (χ1n) is 8.52. The van der Waals surface area contributed by atoms with Crippen LogP contribution in [-0.4, -0.2) is 31.7 Å². The number of aliphatic imine (C=N–C) groups is 1. The van der Waals surface area contributed by atoms with Crippen LogP contribution in [0, 0.1) is 29.1 Å². The second-order valence-electron chi connectivity index (χ2n) is 7.31. The summed E-state index contributed by atoms with van der Waals surface area (Å²) >= 11 is 0. The van der Waals surface area contributed by atoms with Crippen LogP contribution in [0.3, 0.4) is 0 Å². The fourth-order valence-corrected chi connectivity index (χ4v) is 2.11. The van der Waals surface area contributed by atoms with Gasteiger partial charge in [-0.1, -0.05) is 17.3 Å². The summed E-state index contributed by atoms with van der Waals surface area (Å²) < 4.78 is 69.0. The van der Waals surface area contributed by atoms with Gasteiger partial charge in [0.25, 0.3) is 0 Å². The Labute approximate surface area is 165 Å². The van der Waals surface area contributed by atoms with E-state index in [1.54, 1.807) is 45.0 Å². The summed E-state index contributed by atoms with van der Waals surface area (Å²) in [5, 5.41) is 3.53. The van der Waals surface area contributed by atoms with E-state index in [2.05, 4.69) is 10.1 Å². The van der Waals surface area contributed by atoms with Crippen molar-refractivity contribution in [2.45, 2.75) is 26.4 Å². The molecule has 0 saturated heterocycles. The highest BCUT2D eigenvalue weighted by Crippen LogP contribution is 2.24. The Bertz CT molecular complexity index is 919. The molecule has 0 aliphatic carbocycles. The Kier molecular flexibility index (Phi) is 6.61. The molecule has 2 aromatic carbocycles. The van der Waals surface area contributed by atoms with Crippen molar-refractivity contribution in [2.24, 2.45) is 10.1 Å². The summed E-state index contributed by atoms with van der Waals surface area (Å²) in [6.45, 7) is 4.78. The van der Waals surface area contributed by atoms with Crippen LogP contribution in [0.25, 0.3) is 0 Å². The molecule has 0 unspecified atom stereocenters. The van der Waals surface area contributed by atoms with E-state index in [1.807, 2.05) is 19.0 Å². The molecule has 0 radical (unpaired) electrons. The fourth-order valence-electron chi connectivity index (χ4n) is 2.11. The van der Waals surface area contributed by atoms with E-state index in [-0.39, 0.29) is 0 Å². The largest absolute Gasteiger partial charge is 0.388 e. The van der Waals surface area contributed by atoms with Crippen molar-refractivity contribution < 1.29 is 26.8 Å². The van der Waals surface area contributed by atoms with Crippen LogP contribution in [0.2, 0.25) is 0 Å². The molecule has 29 heavy (non-hydrogen) atoms. The number of hydrogen-bond acceptors (Lipinski definition) is 3. The first-order chi connectivity index (χ1) is 13.4. The van der Waals surface area contributed by atoms with Crippen molar-refractivity contribution in [1.29, 1.82) is 0 Å². The third-order valence-corrected chi connectivity index (χ3v) is 3.58. The molecular weight excluding hydrogens is 393 g/mol. The normalized spacial score (nSPS) is 12.6. The number of halogens is 5. The van der Waals surface area contributed by atoms with Gasteiger partial charge in [0.05, 0.1) is 0 Å². The van der Waals surface area contributed by atoms with Gasteiger partial charge < -0.3 is 9.74 Å². The van der Waals surface area contributed by atoms with Crippen LogP contribution < -0.4 is 4.90 Å². The first kappa shape index (κ1) is 22.3. The number of anilines is 1. The van der Waals surface area contributed by atoms with Crippen LogP contribution in [0.5, 0.6) is 0 Å². The topological polar surface area (TPSA) is 37.2 Å². The number of benzene rings is 2. The van der Waals surface area contributed by atoms with Crippen molar-refractivity contribution in [2.75, 3.05) is 19.0 Å². The van der Waals surface area contributed by atoms with Crippen molar-refractivity contribution in [3.05, 3.63) is 64.5 Å². The molecule has 0 spiro atoms. The predicted molar refractivity (Wildman–Crippen MR) is 102 cm³/mol. The smallest absolute Gasteiger partial charge is 0.204 e. The Hall–Kier alpha value is -2.97. The molecule has 0 heterocycles. The van der Waals surface area contributed by atoms with Gasteiger partial charge in [-0.05, 0) is 38.5 Å². The number of amidine groups is 1. The average molecular weight is 413 g/mol. The maximum absolute atomic E-state index is 14.2. The fraction of sp³-hybridized carbons (Fsp3) is 0.300. The lowest BCUT2D eigenvalue weighted by Crippen LogP contribution is -2.18. The van der Waals surface area contributed by atoms with E-state index in [0.29, 0.717) is 5.56 Å². The minimum Gasteiger partial charge on any atom is -0.388 e. The van der Waals surface area contributed by atoms with Crippen LogP contribution in [0.1, 0.15) is 31.9 Å². The lowest BCUT2D eigenvalue weighted by Gasteiger charge is -2.16. The second kappa shape index (κ2) is 8.59. The SMILES string of the molecule is CN(C)c1ccc(C=N/C(=N/OC(C)(C)C)c2c(F)c(F)c(F)c(F)c2F)cc1. The number of hydrogen-bond donors (Lipinski definition) is 0. The highest BCUT2D eigenvalue weighted by Gasteiger charge is 2.29. The van der Waals surface area contributed by atoms with E-state index < -0.39 is 46.1 Å². The zero-order valence-corrected chi connectivity index (χ0v) is 16.5. The van der Waals surface area contributed by atoms with Gasteiger partial charge in [-0.15, -0.1) is 0 Å². The van der Waals surface area contributed by atoms with Crippen LogP contribution >= 0.6 is 0 Å². The van der Waals surface area contributed by atoms with E-state index in [4.69, 9.17) is 4.84 Å². The van der Waals surface area contributed by atoms with Crippen molar-refractivity contribution in [1.82, 2.24) is 0 Å². The average Bonchev–Trinajstić information content (AvgIpc) is 2.66. The molecule has 0 atom stereocenters. The predicted octanol–water partition coefficient (Wildman–Crippen LogP) is 5.04. The van der Waals surface area contributed by atoms with E-state index >= 15 is 0 Å². The molecule has 2 aromatic rings. The first-order valence-corrected chi connectivity index (χ1v) is 8.52. The lowest BCUT2D eigenvalue weighted by atomic mass is 10.1. The Morgan fingerprint density at radius 1 is 0.862 bits per heavy atom. The van der Waals surface area contributed by atoms with Crippen molar-refractivity contribution in [3.63, 3.8) is 0 Å². The summed E-state index contributed by atoms with van der Waals surface area (Å²) in [6, 6.07) is 6.86. The van der Waals surface area contributed by atoms with Gasteiger partial charge in [-0.2, -0.15) is 0 Å². The van der Waals surface area contributed by atoms with Crippen LogP contribution in [0.4, 0.5) is 27.6 Å². The van der Waals surface area contributed by atoms with Gasteiger partial charge in [0, 0.05) is 26.0 Å². The Balaban J connectivity index is 2.55. The molecule has 0 aliphatic rings. The minimum atomic E-state index is -2.26. The maximum Gasteiger partial charge on any atom is 0.204 e. The molecule has 0 fully saturated rings. The molecule has 0 N–H and O–H groups in total. The van der Waals surface area contributed by atoms with Crippen molar-refractivity contribution >= 4 is 17.7 Å². The molecule has 0 bridgehead atoms. The van der Waals surface area contributed by atoms with Gasteiger partial charge in [0.2, 0.25) is 11.7 Å². The summed E-state index contributed by atoms with van der Waals surface area (Å²) in [4.78, 5) is 10.8. The van der Waals surface area contributed by atoms with Gasteiger partial charge in [0.15, 0.2) is 23.3 Å². The van der Waals surface area contributed by atoms with E-state index in [0.717, 1.165) is 5.69 Å². The molecule has 0 saturated carbocycles. The number of nitrogens with zero attached hydrogens (tertiary/aromatic N) is 3. The summed E-state index contributed by atoms with van der Waals surface area (Å²) in [5.74, 6) is -11.3. The molecular formula is C20H20F5N3O. The second-order valence-corrected chi connectivity index (χ2v) is 7.31. The maximum atomic E-state index is 14.2. The highest BCUT2D eigenvalue weighted by atomic mass is 19.2. The molecule has 156 valence electrons. The van der Waals surface area contributed by atoms with Gasteiger partial charge in [-0.25, -0.2) is 26.9 Å². The molecule has 0 aromatic heterocycles.